The third-order valence-electron chi connectivity index (χ3n) is 1.95. The first-order chi connectivity index (χ1) is 7.16. The van der Waals surface area contributed by atoms with Crippen molar-refractivity contribution in [3.8, 4) is 0 Å². The first kappa shape index (κ1) is 11.6. The summed E-state index contributed by atoms with van der Waals surface area (Å²) in [6.07, 6.45) is 1.99. The number of nitrogens with two attached hydrogens (primary N) is 1. The molecule has 0 radical (unpaired) electrons. The molecular formula is C10H14N2O3. The molecule has 0 saturated carbocycles. The minimum absolute atomic E-state index is 0.246. The van der Waals surface area contributed by atoms with Crippen LogP contribution < -0.4 is 5.73 Å². The van der Waals surface area contributed by atoms with E-state index in [-0.39, 0.29) is 6.61 Å². The van der Waals surface area contributed by atoms with Crippen molar-refractivity contribution in [1.82, 2.24) is 4.98 Å². The van der Waals surface area contributed by atoms with E-state index in [1.807, 2.05) is 0 Å². The quantitative estimate of drug-likeness (QED) is 0.683. The van der Waals surface area contributed by atoms with Crippen LogP contribution in [-0.2, 0) is 9.53 Å². The van der Waals surface area contributed by atoms with Crippen molar-refractivity contribution in [3.63, 3.8) is 0 Å². The molecule has 0 aromatic carbocycles. The molecule has 2 atom stereocenters. The van der Waals surface area contributed by atoms with E-state index >= 15 is 0 Å². The van der Waals surface area contributed by atoms with Crippen molar-refractivity contribution >= 4 is 5.97 Å². The summed E-state index contributed by atoms with van der Waals surface area (Å²) in [6, 6.07) is 2.14. The molecule has 0 aliphatic heterocycles. The second-order valence-electron chi connectivity index (χ2n) is 3.00. The predicted octanol–water partition coefficient (Wildman–Crippen LogP) is 0.00540. The monoisotopic (exact) mass is 210 g/mol. The largest absolute Gasteiger partial charge is 0.465 e. The minimum atomic E-state index is -1.06. The lowest BCUT2D eigenvalue weighted by atomic mass is 10.0. The molecule has 0 aliphatic carbocycles. The number of pyridine rings is 1. The number of hydrogen-bond donors (Lipinski definition) is 2. The number of esters is 1. The van der Waals surface area contributed by atoms with Crippen LogP contribution in [0.4, 0.5) is 0 Å². The molecule has 0 spiro atoms. The van der Waals surface area contributed by atoms with Gasteiger partial charge in [-0.15, -0.1) is 0 Å². The zero-order valence-corrected chi connectivity index (χ0v) is 8.46. The second kappa shape index (κ2) is 5.43. The van der Waals surface area contributed by atoms with Crippen LogP contribution in [0.5, 0.6) is 0 Å². The SMILES string of the molecule is CCOC(=O)[C@H](N)[C@H](O)c1ccncc1. The molecule has 1 rings (SSSR count). The Morgan fingerprint density at radius 3 is 2.73 bits per heavy atom. The Hall–Kier alpha value is -1.46. The van der Waals surface area contributed by atoms with Crippen molar-refractivity contribution in [1.29, 1.82) is 0 Å². The second-order valence-corrected chi connectivity index (χ2v) is 3.00. The fourth-order valence-electron chi connectivity index (χ4n) is 1.14. The Morgan fingerprint density at radius 1 is 1.60 bits per heavy atom. The van der Waals surface area contributed by atoms with Crippen LogP contribution in [-0.4, -0.2) is 28.7 Å². The first-order valence-electron chi connectivity index (χ1n) is 4.67. The lowest BCUT2D eigenvalue weighted by molar-refractivity contribution is -0.147. The van der Waals surface area contributed by atoms with Gasteiger partial charge in [0.05, 0.1) is 6.61 Å². The molecule has 0 aliphatic rings. The summed E-state index contributed by atoms with van der Waals surface area (Å²) >= 11 is 0. The standard InChI is InChI=1S/C10H14N2O3/c1-2-15-10(14)8(11)9(13)7-3-5-12-6-4-7/h3-6,8-9,13H,2,11H2,1H3/t8-,9-/m1/s1. The topological polar surface area (TPSA) is 85.4 Å². The van der Waals surface area contributed by atoms with Gasteiger partial charge in [-0.05, 0) is 24.6 Å². The van der Waals surface area contributed by atoms with Gasteiger partial charge in [-0.1, -0.05) is 0 Å². The third-order valence-corrected chi connectivity index (χ3v) is 1.95. The molecule has 0 fully saturated rings. The van der Waals surface area contributed by atoms with Crippen LogP contribution in [0.3, 0.4) is 0 Å². The Labute approximate surface area is 87.9 Å². The van der Waals surface area contributed by atoms with E-state index in [9.17, 15) is 9.90 Å². The molecule has 0 unspecified atom stereocenters. The zero-order chi connectivity index (χ0) is 11.3. The summed E-state index contributed by atoms with van der Waals surface area (Å²) in [7, 11) is 0. The fraction of sp³-hybridized carbons (Fsp3) is 0.400. The average Bonchev–Trinajstić information content (AvgIpc) is 2.28. The minimum Gasteiger partial charge on any atom is -0.465 e. The number of rotatable bonds is 4. The normalized spacial score (nSPS) is 14.3. The van der Waals surface area contributed by atoms with E-state index in [2.05, 4.69) is 4.98 Å². The molecule has 0 saturated heterocycles. The summed E-state index contributed by atoms with van der Waals surface area (Å²) in [5.74, 6) is -0.609. The van der Waals surface area contributed by atoms with E-state index in [1.54, 1.807) is 19.1 Å². The van der Waals surface area contributed by atoms with Crippen LogP contribution >= 0.6 is 0 Å². The van der Waals surface area contributed by atoms with Crippen molar-refractivity contribution in [2.24, 2.45) is 5.73 Å². The molecular weight excluding hydrogens is 196 g/mol. The molecule has 5 nitrogen and oxygen atoms in total. The summed E-state index contributed by atoms with van der Waals surface area (Å²) in [6.45, 7) is 1.93. The number of aromatic nitrogens is 1. The van der Waals surface area contributed by atoms with Gasteiger partial charge in [0.1, 0.15) is 12.1 Å². The lowest BCUT2D eigenvalue weighted by Gasteiger charge is -2.17. The Bertz CT molecular complexity index is 316. The highest BCUT2D eigenvalue weighted by Gasteiger charge is 2.24. The smallest absolute Gasteiger partial charge is 0.325 e. The summed E-state index contributed by atoms with van der Waals surface area (Å²) < 4.78 is 4.71. The van der Waals surface area contributed by atoms with Gasteiger partial charge in [0.2, 0.25) is 0 Å². The van der Waals surface area contributed by atoms with Gasteiger partial charge in [-0.2, -0.15) is 0 Å². The predicted molar refractivity (Wildman–Crippen MR) is 53.8 cm³/mol. The zero-order valence-electron chi connectivity index (χ0n) is 8.46. The van der Waals surface area contributed by atoms with Crippen LogP contribution in [0, 0.1) is 0 Å². The van der Waals surface area contributed by atoms with Crippen LogP contribution in [0.25, 0.3) is 0 Å². The van der Waals surface area contributed by atoms with Gasteiger partial charge in [0.25, 0.3) is 0 Å². The van der Waals surface area contributed by atoms with Crippen molar-refractivity contribution in [3.05, 3.63) is 30.1 Å². The van der Waals surface area contributed by atoms with E-state index < -0.39 is 18.1 Å². The third kappa shape index (κ3) is 3.00. The molecule has 1 aromatic heterocycles. The Kier molecular flexibility index (Phi) is 4.20. The highest BCUT2D eigenvalue weighted by molar-refractivity contribution is 5.76. The van der Waals surface area contributed by atoms with Gasteiger partial charge in [-0.25, -0.2) is 0 Å². The molecule has 5 heteroatoms. The molecule has 3 N–H and O–H groups in total. The van der Waals surface area contributed by atoms with Gasteiger partial charge < -0.3 is 15.6 Å². The number of hydrogen-bond acceptors (Lipinski definition) is 5. The maximum absolute atomic E-state index is 11.2. The van der Waals surface area contributed by atoms with Crippen LogP contribution in [0.15, 0.2) is 24.5 Å². The molecule has 82 valence electrons. The fourth-order valence-corrected chi connectivity index (χ4v) is 1.14. The number of carbonyl (C=O) groups is 1. The van der Waals surface area contributed by atoms with Gasteiger partial charge in [0.15, 0.2) is 0 Å². The van der Waals surface area contributed by atoms with E-state index in [0.29, 0.717) is 5.56 Å². The molecule has 1 heterocycles. The molecule has 15 heavy (non-hydrogen) atoms. The van der Waals surface area contributed by atoms with E-state index in [0.717, 1.165) is 0 Å². The number of carbonyl (C=O) groups excluding carboxylic acids is 1. The average molecular weight is 210 g/mol. The van der Waals surface area contributed by atoms with Gasteiger partial charge in [0, 0.05) is 12.4 Å². The van der Waals surface area contributed by atoms with E-state index in [1.165, 1.54) is 12.4 Å². The van der Waals surface area contributed by atoms with Crippen molar-refractivity contribution < 1.29 is 14.6 Å². The summed E-state index contributed by atoms with van der Waals surface area (Å²) in [5.41, 5.74) is 6.08. The first-order valence-corrected chi connectivity index (χ1v) is 4.67. The molecule has 0 amide bonds. The number of aliphatic hydroxyl groups is 1. The van der Waals surface area contributed by atoms with Gasteiger partial charge >= 0.3 is 5.97 Å². The van der Waals surface area contributed by atoms with Crippen molar-refractivity contribution in [2.75, 3.05) is 6.61 Å². The maximum atomic E-state index is 11.2. The lowest BCUT2D eigenvalue weighted by Crippen LogP contribution is -2.38. The summed E-state index contributed by atoms with van der Waals surface area (Å²) in [4.78, 5) is 15.0. The van der Waals surface area contributed by atoms with Crippen LogP contribution in [0.1, 0.15) is 18.6 Å². The van der Waals surface area contributed by atoms with Gasteiger partial charge in [-0.3, -0.25) is 9.78 Å². The van der Waals surface area contributed by atoms with Crippen molar-refractivity contribution in [2.45, 2.75) is 19.1 Å². The number of ether oxygens (including phenoxy) is 1. The molecule has 0 bridgehead atoms. The number of aliphatic hydroxyl groups excluding tert-OH is 1. The van der Waals surface area contributed by atoms with E-state index in [4.69, 9.17) is 10.5 Å². The highest BCUT2D eigenvalue weighted by atomic mass is 16.5. The Morgan fingerprint density at radius 2 is 2.20 bits per heavy atom. The summed E-state index contributed by atoms with van der Waals surface area (Å²) in [5, 5.41) is 9.73. The Balaban J connectivity index is 2.68. The molecule has 1 aromatic rings. The highest BCUT2D eigenvalue weighted by Crippen LogP contribution is 2.14. The number of nitrogens with zero attached hydrogens (tertiary/aromatic N) is 1. The maximum Gasteiger partial charge on any atom is 0.325 e. The van der Waals surface area contributed by atoms with Crippen LogP contribution in [0.2, 0.25) is 0 Å².